The summed E-state index contributed by atoms with van der Waals surface area (Å²) < 4.78 is 5.18. The van der Waals surface area contributed by atoms with E-state index >= 15 is 0 Å². The monoisotopic (exact) mass is 233 g/mol. The molecule has 92 valence electrons. The van der Waals surface area contributed by atoms with Crippen LogP contribution in [0.1, 0.15) is 12.5 Å². The molecule has 17 heavy (non-hydrogen) atoms. The Hall–Kier alpha value is -1.71. The van der Waals surface area contributed by atoms with Gasteiger partial charge in [-0.25, -0.2) is 4.99 Å². The Kier molecular flexibility index (Phi) is 3.52. The van der Waals surface area contributed by atoms with Crippen molar-refractivity contribution in [3.8, 4) is 0 Å². The molecule has 0 amide bonds. The Bertz CT molecular complexity index is 417. The first-order valence-corrected chi connectivity index (χ1v) is 5.97. The van der Waals surface area contributed by atoms with Gasteiger partial charge < -0.3 is 15.4 Å². The molecule has 0 aliphatic carbocycles. The predicted molar refractivity (Wildman–Crippen MR) is 70.4 cm³/mol. The largest absolute Gasteiger partial charge is 0.463 e. The first kappa shape index (κ1) is 11.8. The normalized spacial score (nSPS) is 18.7. The number of rotatable bonds is 4. The SMILES string of the molecule is CCN(CC1COC(N)=N1)c1ccccc1C. The van der Waals surface area contributed by atoms with Crippen LogP contribution in [0.15, 0.2) is 29.3 Å². The number of hydrogen-bond donors (Lipinski definition) is 1. The maximum atomic E-state index is 5.52. The topological polar surface area (TPSA) is 50.9 Å². The number of anilines is 1. The summed E-state index contributed by atoms with van der Waals surface area (Å²) in [5.41, 5.74) is 8.06. The Morgan fingerprint density at radius 1 is 1.47 bits per heavy atom. The second-order valence-corrected chi connectivity index (χ2v) is 4.26. The van der Waals surface area contributed by atoms with Gasteiger partial charge in [0.25, 0.3) is 6.02 Å². The van der Waals surface area contributed by atoms with Gasteiger partial charge in [0.2, 0.25) is 0 Å². The fourth-order valence-corrected chi connectivity index (χ4v) is 2.10. The molecule has 0 radical (unpaired) electrons. The number of ether oxygens (including phenoxy) is 1. The highest BCUT2D eigenvalue weighted by Crippen LogP contribution is 2.20. The molecule has 4 heteroatoms. The van der Waals surface area contributed by atoms with Crippen LogP contribution in [0.5, 0.6) is 0 Å². The summed E-state index contributed by atoms with van der Waals surface area (Å²) >= 11 is 0. The van der Waals surface area contributed by atoms with Crippen molar-refractivity contribution >= 4 is 11.7 Å². The van der Waals surface area contributed by atoms with Crippen molar-refractivity contribution in [3.63, 3.8) is 0 Å². The van der Waals surface area contributed by atoms with E-state index in [4.69, 9.17) is 10.5 Å². The van der Waals surface area contributed by atoms with Crippen LogP contribution in [0.25, 0.3) is 0 Å². The maximum Gasteiger partial charge on any atom is 0.282 e. The van der Waals surface area contributed by atoms with E-state index in [2.05, 4.69) is 48.0 Å². The van der Waals surface area contributed by atoms with Crippen molar-refractivity contribution in [3.05, 3.63) is 29.8 Å². The molecular weight excluding hydrogens is 214 g/mol. The number of nitrogens with zero attached hydrogens (tertiary/aromatic N) is 2. The van der Waals surface area contributed by atoms with E-state index in [0.717, 1.165) is 13.1 Å². The van der Waals surface area contributed by atoms with E-state index in [0.29, 0.717) is 12.6 Å². The summed E-state index contributed by atoms with van der Waals surface area (Å²) in [7, 11) is 0. The van der Waals surface area contributed by atoms with E-state index in [9.17, 15) is 0 Å². The summed E-state index contributed by atoms with van der Waals surface area (Å²) in [6.07, 6.45) is 0. The zero-order chi connectivity index (χ0) is 12.3. The van der Waals surface area contributed by atoms with E-state index in [1.54, 1.807) is 0 Å². The van der Waals surface area contributed by atoms with Gasteiger partial charge in [-0.2, -0.15) is 0 Å². The number of likely N-dealkylation sites (N-methyl/N-ethyl adjacent to an activating group) is 1. The highest BCUT2D eigenvalue weighted by Gasteiger charge is 2.20. The van der Waals surface area contributed by atoms with Crippen molar-refractivity contribution in [1.82, 2.24) is 0 Å². The molecule has 1 unspecified atom stereocenters. The van der Waals surface area contributed by atoms with Gasteiger partial charge in [-0.15, -0.1) is 0 Å². The molecule has 0 saturated carbocycles. The predicted octanol–water partition coefficient (Wildman–Crippen LogP) is 1.53. The quantitative estimate of drug-likeness (QED) is 0.858. The minimum absolute atomic E-state index is 0.148. The second kappa shape index (κ2) is 5.08. The Balaban J connectivity index is 2.09. The van der Waals surface area contributed by atoms with Crippen LogP contribution >= 0.6 is 0 Å². The molecule has 0 fully saturated rings. The average Bonchev–Trinajstić information content (AvgIpc) is 2.73. The Morgan fingerprint density at radius 3 is 2.82 bits per heavy atom. The molecule has 0 bridgehead atoms. The van der Waals surface area contributed by atoms with Crippen LogP contribution < -0.4 is 10.6 Å². The first-order valence-electron chi connectivity index (χ1n) is 5.97. The molecule has 1 aromatic carbocycles. The zero-order valence-corrected chi connectivity index (χ0v) is 10.4. The summed E-state index contributed by atoms with van der Waals surface area (Å²) in [6.45, 7) is 6.67. The molecule has 0 aromatic heterocycles. The van der Waals surface area contributed by atoms with Gasteiger partial charge in [-0.1, -0.05) is 18.2 Å². The first-order chi connectivity index (χ1) is 8.20. The van der Waals surface area contributed by atoms with Crippen LogP contribution in [0, 0.1) is 6.92 Å². The summed E-state index contributed by atoms with van der Waals surface area (Å²) in [6, 6.07) is 8.85. The second-order valence-electron chi connectivity index (χ2n) is 4.26. The molecule has 1 atom stereocenters. The van der Waals surface area contributed by atoms with E-state index in [1.807, 2.05) is 0 Å². The number of hydrogen-bond acceptors (Lipinski definition) is 4. The highest BCUT2D eigenvalue weighted by molar-refractivity contribution is 5.73. The molecule has 0 saturated heterocycles. The smallest absolute Gasteiger partial charge is 0.282 e. The van der Waals surface area contributed by atoms with Crippen molar-refractivity contribution < 1.29 is 4.74 Å². The van der Waals surface area contributed by atoms with Crippen LogP contribution in [0.3, 0.4) is 0 Å². The molecular formula is C13H19N3O. The molecule has 2 rings (SSSR count). The fraction of sp³-hybridized carbons (Fsp3) is 0.462. The molecule has 0 spiro atoms. The molecule has 1 aliphatic rings. The number of aliphatic imine (C=N–C) groups is 1. The third kappa shape index (κ3) is 2.70. The molecule has 1 aromatic rings. The van der Waals surface area contributed by atoms with Gasteiger partial charge in [-0.05, 0) is 25.5 Å². The van der Waals surface area contributed by atoms with Gasteiger partial charge in [0.1, 0.15) is 12.6 Å². The van der Waals surface area contributed by atoms with E-state index in [-0.39, 0.29) is 6.04 Å². The van der Waals surface area contributed by atoms with Crippen LogP contribution in [-0.2, 0) is 4.74 Å². The van der Waals surface area contributed by atoms with Gasteiger partial charge in [0.05, 0.1) is 0 Å². The number of benzene rings is 1. The van der Waals surface area contributed by atoms with Gasteiger partial charge >= 0.3 is 0 Å². The zero-order valence-electron chi connectivity index (χ0n) is 10.4. The fourth-order valence-electron chi connectivity index (χ4n) is 2.10. The molecule has 2 N–H and O–H groups in total. The van der Waals surface area contributed by atoms with Crippen molar-refractivity contribution in [1.29, 1.82) is 0 Å². The van der Waals surface area contributed by atoms with Crippen molar-refractivity contribution in [2.24, 2.45) is 10.7 Å². The summed E-state index contributed by atoms with van der Waals surface area (Å²) in [5, 5.41) is 0. The number of para-hydroxylation sites is 1. The van der Waals surface area contributed by atoms with E-state index in [1.165, 1.54) is 11.3 Å². The van der Waals surface area contributed by atoms with Crippen LogP contribution in [0.2, 0.25) is 0 Å². The van der Waals surface area contributed by atoms with Crippen molar-refractivity contribution in [2.75, 3.05) is 24.6 Å². The standard InChI is InChI=1S/C13H19N3O/c1-3-16(8-11-9-17-13(14)15-11)12-7-5-4-6-10(12)2/h4-7,11H,3,8-9H2,1-2H3,(H2,14,15). The minimum Gasteiger partial charge on any atom is -0.463 e. The number of nitrogens with two attached hydrogens (primary N) is 1. The Morgan fingerprint density at radius 2 is 2.24 bits per heavy atom. The Labute approximate surface area is 102 Å². The lowest BCUT2D eigenvalue weighted by atomic mass is 10.1. The number of amidine groups is 1. The molecule has 4 nitrogen and oxygen atoms in total. The van der Waals surface area contributed by atoms with Crippen molar-refractivity contribution in [2.45, 2.75) is 19.9 Å². The third-order valence-electron chi connectivity index (χ3n) is 3.00. The minimum atomic E-state index is 0.148. The summed E-state index contributed by atoms with van der Waals surface area (Å²) in [4.78, 5) is 6.57. The van der Waals surface area contributed by atoms with E-state index < -0.39 is 0 Å². The average molecular weight is 233 g/mol. The maximum absolute atomic E-state index is 5.52. The summed E-state index contributed by atoms with van der Waals surface area (Å²) in [5.74, 6) is 0. The molecule has 1 aliphatic heterocycles. The highest BCUT2D eigenvalue weighted by atomic mass is 16.5. The van der Waals surface area contributed by atoms with Gasteiger partial charge in [0, 0.05) is 18.8 Å². The molecule has 1 heterocycles. The van der Waals surface area contributed by atoms with Crippen LogP contribution in [0.4, 0.5) is 5.69 Å². The van der Waals surface area contributed by atoms with Crippen LogP contribution in [-0.4, -0.2) is 31.8 Å². The lowest BCUT2D eigenvalue weighted by molar-refractivity contribution is 0.313. The number of aryl methyl sites for hydroxylation is 1. The lowest BCUT2D eigenvalue weighted by Gasteiger charge is -2.26. The van der Waals surface area contributed by atoms with Gasteiger partial charge in [0.15, 0.2) is 0 Å². The third-order valence-corrected chi connectivity index (χ3v) is 3.00. The van der Waals surface area contributed by atoms with Gasteiger partial charge in [-0.3, -0.25) is 0 Å². The lowest BCUT2D eigenvalue weighted by Crippen LogP contribution is -2.32.